The summed E-state index contributed by atoms with van der Waals surface area (Å²) in [5.74, 6) is -0.124. The van der Waals surface area contributed by atoms with Gasteiger partial charge in [-0.2, -0.15) is 0 Å². The number of amides is 4. The van der Waals surface area contributed by atoms with Crippen LogP contribution in [0.1, 0.15) is 12.8 Å². The number of benzene rings is 1. The fourth-order valence-electron chi connectivity index (χ4n) is 4.12. The molecule has 3 rings (SSSR count). The Hall–Kier alpha value is -3.41. The van der Waals surface area contributed by atoms with Gasteiger partial charge < -0.3 is 30.7 Å². The van der Waals surface area contributed by atoms with Crippen molar-refractivity contribution >= 4 is 34.9 Å². The fourth-order valence-corrected chi connectivity index (χ4v) is 4.12. The second-order valence-electron chi connectivity index (χ2n) is 8.33. The smallest absolute Gasteiger partial charge is 0.319 e. The fraction of sp³-hybridized carbons (Fsp3) is 0.571. The quantitative estimate of drug-likeness (QED) is 0.413. The lowest BCUT2D eigenvalue weighted by Crippen LogP contribution is -2.51. The van der Waals surface area contributed by atoms with E-state index in [4.69, 9.17) is 0 Å². The van der Waals surface area contributed by atoms with Crippen molar-refractivity contribution in [2.24, 2.45) is 5.92 Å². The van der Waals surface area contributed by atoms with Crippen LogP contribution in [0.15, 0.2) is 18.2 Å². The minimum absolute atomic E-state index is 0.0574. The second-order valence-corrected chi connectivity index (χ2v) is 8.33. The molecular weight excluding hydrogens is 430 g/mol. The zero-order valence-electron chi connectivity index (χ0n) is 19.0. The topological polar surface area (TPSA) is 140 Å². The van der Waals surface area contributed by atoms with Crippen LogP contribution in [-0.4, -0.2) is 92.5 Å². The molecule has 0 aliphatic carbocycles. The molecule has 2 heterocycles. The van der Waals surface area contributed by atoms with E-state index in [1.54, 1.807) is 12.1 Å². The molecule has 0 spiro atoms. The Morgan fingerprint density at radius 3 is 2.36 bits per heavy atom. The summed E-state index contributed by atoms with van der Waals surface area (Å²) in [6, 6.07) is 3.84. The number of piperidine rings is 1. The Morgan fingerprint density at radius 2 is 1.76 bits per heavy atom. The zero-order valence-corrected chi connectivity index (χ0v) is 19.0. The predicted molar refractivity (Wildman–Crippen MR) is 123 cm³/mol. The monoisotopic (exact) mass is 461 g/mol. The Balaban J connectivity index is 1.60. The lowest BCUT2D eigenvalue weighted by Gasteiger charge is -2.38. The number of rotatable bonds is 6. The van der Waals surface area contributed by atoms with E-state index in [2.05, 4.69) is 27.9 Å². The molecule has 0 unspecified atom stereocenters. The van der Waals surface area contributed by atoms with Crippen molar-refractivity contribution in [1.29, 1.82) is 0 Å². The molecule has 12 nitrogen and oxygen atoms in total. The van der Waals surface area contributed by atoms with Gasteiger partial charge in [0.1, 0.15) is 5.69 Å². The highest BCUT2D eigenvalue weighted by Gasteiger charge is 2.31. The molecule has 12 heteroatoms. The van der Waals surface area contributed by atoms with E-state index in [1.807, 2.05) is 9.80 Å². The lowest BCUT2D eigenvalue weighted by molar-refractivity contribution is -0.384. The number of hydrogen-bond acceptors (Lipinski definition) is 7. The van der Waals surface area contributed by atoms with Crippen LogP contribution in [0.5, 0.6) is 0 Å². The maximum atomic E-state index is 12.8. The van der Waals surface area contributed by atoms with E-state index in [1.165, 1.54) is 13.1 Å². The van der Waals surface area contributed by atoms with Crippen LogP contribution in [-0.2, 0) is 9.59 Å². The van der Waals surface area contributed by atoms with Crippen LogP contribution < -0.4 is 20.9 Å². The third-order valence-electron chi connectivity index (χ3n) is 6.12. The van der Waals surface area contributed by atoms with Gasteiger partial charge >= 0.3 is 6.03 Å². The van der Waals surface area contributed by atoms with Gasteiger partial charge in [0.15, 0.2) is 0 Å². The molecule has 3 N–H and O–H groups in total. The van der Waals surface area contributed by atoms with Gasteiger partial charge in [-0.1, -0.05) is 0 Å². The lowest BCUT2D eigenvalue weighted by atomic mass is 9.95. The number of carbonyl (C=O) groups is 3. The molecule has 2 saturated heterocycles. The first-order valence-corrected chi connectivity index (χ1v) is 11.0. The summed E-state index contributed by atoms with van der Waals surface area (Å²) in [4.78, 5) is 53.2. The first-order valence-electron chi connectivity index (χ1n) is 11.0. The molecule has 0 atom stereocenters. The molecule has 33 heavy (non-hydrogen) atoms. The summed E-state index contributed by atoms with van der Waals surface area (Å²) in [6.45, 7) is 3.67. The summed E-state index contributed by atoms with van der Waals surface area (Å²) < 4.78 is 0. The molecule has 0 saturated carbocycles. The molecule has 1 aromatic rings. The third-order valence-corrected chi connectivity index (χ3v) is 6.12. The van der Waals surface area contributed by atoms with E-state index in [0.29, 0.717) is 31.9 Å². The SMILES string of the molecule is CNC(=O)CNC(=O)Nc1ccc(N2CCN(C(=O)C3CCN(C)CC3)CC2)c([N+](=O)[O-])c1. The van der Waals surface area contributed by atoms with E-state index in [9.17, 15) is 24.5 Å². The van der Waals surface area contributed by atoms with Crippen LogP contribution in [0.25, 0.3) is 0 Å². The van der Waals surface area contributed by atoms with Gasteiger partial charge in [0, 0.05) is 50.9 Å². The highest BCUT2D eigenvalue weighted by atomic mass is 16.6. The van der Waals surface area contributed by atoms with Gasteiger partial charge in [-0.25, -0.2) is 4.79 Å². The van der Waals surface area contributed by atoms with Crippen LogP contribution in [0.2, 0.25) is 0 Å². The van der Waals surface area contributed by atoms with E-state index in [-0.39, 0.29) is 35.7 Å². The maximum absolute atomic E-state index is 12.8. The molecule has 2 aliphatic rings. The number of carbonyl (C=O) groups excluding carboxylic acids is 3. The maximum Gasteiger partial charge on any atom is 0.319 e. The average Bonchev–Trinajstić information content (AvgIpc) is 2.82. The Labute approximate surface area is 192 Å². The Morgan fingerprint density at radius 1 is 1.09 bits per heavy atom. The van der Waals surface area contributed by atoms with Gasteiger partial charge in [-0.05, 0) is 45.1 Å². The number of nitro groups is 1. The number of nitrogens with one attached hydrogen (secondary N) is 3. The minimum Gasteiger partial charge on any atom is -0.362 e. The summed E-state index contributed by atoms with van der Waals surface area (Å²) >= 11 is 0. The molecule has 0 bridgehead atoms. The molecule has 1 aromatic carbocycles. The standard InChI is InChI=1S/C21H31N7O5/c1-22-19(29)14-23-21(31)24-16-3-4-17(18(13-16)28(32)33)26-9-11-27(12-10-26)20(30)15-5-7-25(2)8-6-15/h3-4,13,15H,5-12,14H2,1-2H3,(H,22,29)(H2,23,24,31). The number of urea groups is 1. The molecule has 0 radical (unpaired) electrons. The highest BCUT2D eigenvalue weighted by Crippen LogP contribution is 2.32. The van der Waals surface area contributed by atoms with Gasteiger partial charge in [0.25, 0.3) is 5.69 Å². The van der Waals surface area contributed by atoms with Crippen molar-refractivity contribution in [3.05, 3.63) is 28.3 Å². The first-order chi connectivity index (χ1) is 15.8. The number of nitro benzene ring substituents is 1. The second kappa shape index (κ2) is 10.9. The van der Waals surface area contributed by atoms with Crippen molar-refractivity contribution in [1.82, 2.24) is 20.4 Å². The van der Waals surface area contributed by atoms with Crippen molar-refractivity contribution in [2.75, 3.05) is 70.1 Å². The molecule has 4 amide bonds. The molecular formula is C21H31N7O5. The summed E-state index contributed by atoms with van der Waals surface area (Å²) in [5.41, 5.74) is 0.563. The largest absolute Gasteiger partial charge is 0.362 e. The molecule has 0 aromatic heterocycles. The van der Waals surface area contributed by atoms with Gasteiger partial charge in [-0.3, -0.25) is 19.7 Å². The van der Waals surface area contributed by atoms with Crippen LogP contribution in [0.4, 0.5) is 21.9 Å². The molecule has 2 aliphatic heterocycles. The van der Waals surface area contributed by atoms with Crippen LogP contribution >= 0.6 is 0 Å². The molecule has 180 valence electrons. The number of nitrogens with zero attached hydrogens (tertiary/aromatic N) is 4. The summed E-state index contributed by atoms with van der Waals surface area (Å²) in [5, 5.41) is 18.9. The summed E-state index contributed by atoms with van der Waals surface area (Å²) in [7, 11) is 3.51. The number of likely N-dealkylation sites (N-methyl/N-ethyl adjacent to an activating group) is 1. The first kappa shape index (κ1) is 24.2. The van der Waals surface area contributed by atoms with Crippen LogP contribution in [0.3, 0.4) is 0 Å². The third kappa shape index (κ3) is 6.31. The van der Waals surface area contributed by atoms with Gasteiger partial charge in [0.2, 0.25) is 11.8 Å². The normalized spacial score (nSPS) is 17.4. The summed E-state index contributed by atoms with van der Waals surface area (Å²) in [6.07, 6.45) is 1.73. The van der Waals surface area contributed by atoms with Gasteiger partial charge in [-0.15, -0.1) is 0 Å². The number of hydrogen-bond donors (Lipinski definition) is 3. The minimum atomic E-state index is -0.637. The van der Waals surface area contributed by atoms with Crippen molar-refractivity contribution < 1.29 is 19.3 Å². The van der Waals surface area contributed by atoms with Crippen molar-refractivity contribution in [3.63, 3.8) is 0 Å². The van der Waals surface area contributed by atoms with E-state index >= 15 is 0 Å². The average molecular weight is 462 g/mol. The van der Waals surface area contributed by atoms with Crippen LogP contribution in [0, 0.1) is 16.0 Å². The number of piperazine rings is 1. The Bertz CT molecular complexity index is 893. The number of anilines is 2. The van der Waals surface area contributed by atoms with E-state index in [0.717, 1.165) is 25.9 Å². The molecule has 2 fully saturated rings. The highest BCUT2D eigenvalue weighted by molar-refractivity contribution is 5.93. The zero-order chi connectivity index (χ0) is 24.0. The van der Waals surface area contributed by atoms with Crippen molar-refractivity contribution in [3.8, 4) is 0 Å². The van der Waals surface area contributed by atoms with E-state index < -0.39 is 11.0 Å². The van der Waals surface area contributed by atoms with Crippen molar-refractivity contribution in [2.45, 2.75) is 12.8 Å². The van der Waals surface area contributed by atoms with Gasteiger partial charge in [0.05, 0.1) is 11.5 Å². The number of likely N-dealkylation sites (tertiary alicyclic amines) is 1. The predicted octanol–water partition coefficient (Wildman–Crippen LogP) is 0.453. The Kier molecular flexibility index (Phi) is 8.04.